The molecule has 0 amide bonds. The third-order valence-corrected chi connectivity index (χ3v) is 13.3. The Labute approximate surface area is 474 Å². The van der Waals surface area contributed by atoms with Crippen molar-refractivity contribution in [3.05, 3.63) is 70.3 Å². The van der Waals surface area contributed by atoms with Crippen LogP contribution >= 0.6 is 0 Å². The quantitative estimate of drug-likeness (QED) is 0.200. The summed E-state index contributed by atoms with van der Waals surface area (Å²) in [7, 11) is 4.38. The van der Waals surface area contributed by atoms with Crippen molar-refractivity contribution < 1.29 is 0 Å². The van der Waals surface area contributed by atoms with Gasteiger partial charge >= 0.3 is 0 Å². The lowest BCUT2D eigenvalue weighted by Gasteiger charge is -2.34. The zero-order valence-corrected chi connectivity index (χ0v) is 51.5. The molecule has 444 valence electrons. The van der Waals surface area contributed by atoms with Crippen LogP contribution in [-0.4, -0.2) is 165 Å². The summed E-state index contributed by atoms with van der Waals surface area (Å²) in [6.07, 6.45) is 10.00. The monoisotopic (exact) mass is 1080 g/mol. The van der Waals surface area contributed by atoms with E-state index in [1.165, 1.54) is 17.5 Å². The summed E-state index contributed by atoms with van der Waals surface area (Å²) in [5, 5.41) is 6.91. The molecular weight excluding hydrogens is 957 g/mol. The van der Waals surface area contributed by atoms with Gasteiger partial charge in [-0.3, -0.25) is 0 Å². The summed E-state index contributed by atoms with van der Waals surface area (Å²) >= 11 is 0. The fourth-order valence-electron chi connectivity index (χ4n) is 9.49. The molecule has 6 unspecified atom stereocenters. The first kappa shape index (κ1) is 76.6. The number of nitrogens with zero attached hydrogens (tertiary/aromatic N) is 14. The minimum Gasteiger partial charge on any atom is -0.354 e. The highest BCUT2D eigenvalue weighted by atomic mass is 15.3. The maximum atomic E-state index is 4.69. The molecule has 0 aromatic carbocycles. The molecule has 0 spiro atoms. The molecule has 0 aliphatic carbocycles. The van der Waals surface area contributed by atoms with E-state index in [4.69, 9.17) is 0 Å². The van der Waals surface area contributed by atoms with Gasteiger partial charge in [-0.1, -0.05) is 77.7 Å². The Hall–Kier alpha value is -4.64. The smallest absolute Gasteiger partial charge is 0.135 e. The lowest BCUT2D eigenvalue weighted by Crippen LogP contribution is -2.45. The first-order valence-electron chi connectivity index (χ1n) is 28.4. The van der Waals surface area contributed by atoms with E-state index in [0.717, 1.165) is 130 Å². The standard InChI is InChI=1S/C15H26N4.C14H24N4.C11H18N4.C10H16N4.4C2H6.3CH4/c1-10-8-16-14(5)17-15(10)19-12(3)7-11(2)18(6)9-13(19)4;1-9-7-16-13(5)17-14(9)18-11(3)6-10(2)15-8-12(18)4;1-9-8-12-10(2)13-11(9)15-6-4-14(3)5-7-15;1-8-7-12-9(2)13-10(8)14-5-3-11-4-6-14;4*1-2;;;/h8,11-13H,7,9H2,1-6H3;7,10-12,15H,6,8H2,1-5H3;8H,4-7H2,1-3H3;7,11H,3-6H2,1-2H3;4*1-2H3;3*1H4. The molecule has 4 aliphatic heterocycles. The number of nitrogens with one attached hydrogen (secondary N) is 2. The SMILES string of the molecule is C.C.C.CC.CC.CC.CC.Cc1ncc(C)c(N2C(C)CC(C)N(C)CC2C)n1.Cc1ncc(C)c(N2C(C)CNC(C)CC2C)n1.Cc1ncc(C)c(N2CCN(C)CC2)n1.Cc1ncc(C)c(N2CCNCC2)n1. The van der Waals surface area contributed by atoms with Gasteiger partial charge in [0.1, 0.15) is 46.6 Å². The number of rotatable bonds is 4. The fraction of sp³-hybridized carbons (Fsp3) is 0.738. The van der Waals surface area contributed by atoms with Gasteiger partial charge in [-0.2, -0.15) is 0 Å². The van der Waals surface area contributed by atoms with Crippen molar-refractivity contribution in [3.8, 4) is 0 Å². The minimum absolute atomic E-state index is 0. The Bertz CT molecular complexity index is 2110. The summed E-state index contributed by atoms with van der Waals surface area (Å²) in [5.41, 5.74) is 4.66. The number of likely N-dealkylation sites (N-methyl/N-ethyl adjacent to an activating group) is 2. The summed E-state index contributed by atoms with van der Waals surface area (Å²) in [5.74, 6) is 7.81. The molecule has 77 heavy (non-hydrogen) atoms. The van der Waals surface area contributed by atoms with Gasteiger partial charge in [-0.15, -0.1) is 0 Å². The number of aryl methyl sites for hydroxylation is 8. The van der Waals surface area contributed by atoms with Gasteiger partial charge in [-0.25, -0.2) is 39.9 Å². The van der Waals surface area contributed by atoms with Crippen molar-refractivity contribution in [3.63, 3.8) is 0 Å². The summed E-state index contributed by atoms with van der Waals surface area (Å²) in [6.45, 7) is 56.5. The Morgan fingerprint density at radius 2 is 0.753 bits per heavy atom. The number of piperazine rings is 2. The van der Waals surface area contributed by atoms with E-state index in [-0.39, 0.29) is 22.3 Å². The second kappa shape index (κ2) is 40.5. The second-order valence-electron chi connectivity index (χ2n) is 19.5. The predicted octanol–water partition coefficient (Wildman–Crippen LogP) is 11.8. The average Bonchev–Trinajstić information content (AvgIpc) is 3.59. The number of hydrogen-bond acceptors (Lipinski definition) is 16. The third kappa shape index (κ3) is 24.5. The zero-order chi connectivity index (χ0) is 56.2. The summed E-state index contributed by atoms with van der Waals surface area (Å²) in [4.78, 5) is 49.7. The van der Waals surface area contributed by atoms with E-state index in [2.05, 4.69) is 163 Å². The molecule has 4 aromatic rings. The van der Waals surface area contributed by atoms with Crippen molar-refractivity contribution in [2.24, 2.45) is 0 Å². The van der Waals surface area contributed by atoms with Gasteiger partial charge in [-0.05, 0) is 124 Å². The molecule has 0 radical (unpaired) electrons. The molecule has 4 aromatic heterocycles. The van der Waals surface area contributed by atoms with Crippen LogP contribution in [0.1, 0.15) is 178 Å². The minimum atomic E-state index is 0. The Kier molecular flexibility index (Phi) is 40.3. The maximum Gasteiger partial charge on any atom is 0.135 e. The van der Waals surface area contributed by atoms with Crippen LogP contribution in [-0.2, 0) is 0 Å². The highest BCUT2D eigenvalue weighted by Gasteiger charge is 2.31. The van der Waals surface area contributed by atoms with Gasteiger partial charge in [0.25, 0.3) is 0 Å². The average molecular weight is 1080 g/mol. The van der Waals surface area contributed by atoms with Crippen molar-refractivity contribution in [1.82, 2.24) is 60.3 Å². The van der Waals surface area contributed by atoms with Crippen LogP contribution in [0.4, 0.5) is 23.3 Å². The molecule has 4 aliphatic rings. The Morgan fingerprint density at radius 3 is 1.16 bits per heavy atom. The van der Waals surface area contributed by atoms with Crippen LogP contribution in [0, 0.1) is 55.4 Å². The lowest BCUT2D eigenvalue weighted by atomic mass is 10.1. The van der Waals surface area contributed by atoms with Crippen LogP contribution < -0.4 is 30.2 Å². The number of hydrogen-bond donors (Lipinski definition) is 2. The van der Waals surface area contributed by atoms with E-state index in [9.17, 15) is 0 Å². The molecule has 2 N–H and O–H groups in total. The normalized spacial score (nSPS) is 21.0. The highest BCUT2D eigenvalue weighted by molar-refractivity contribution is 5.49. The molecule has 8 heterocycles. The molecule has 0 bridgehead atoms. The van der Waals surface area contributed by atoms with Crippen molar-refractivity contribution in [2.45, 2.75) is 224 Å². The zero-order valence-electron chi connectivity index (χ0n) is 51.5. The second-order valence-corrected chi connectivity index (χ2v) is 19.5. The Morgan fingerprint density at radius 1 is 0.416 bits per heavy atom. The molecule has 16 nitrogen and oxygen atoms in total. The van der Waals surface area contributed by atoms with E-state index < -0.39 is 0 Å². The molecular formula is C61H120N16. The molecule has 6 atom stereocenters. The summed E-state index contributed by atoms with van der Waals surface area (Å²) in [6, 6.07) is 3.11. The van der Waals surface area contributed by atoms with E-state index in [1.54, 1.807) is 0 Å². The van der Waals surface area contributed by atoms with E-state index >= 15 is 0 Å². The Balaban J connectivity index is -0.000000900. The van der Waals surface area contributed by atoms with Gasteiger partial charge < -0.3 is 40.0 Å². The van der Waals surface area contributed by atoms with Crippen LogP contribution in [0.15, 0.2) is 24.8 Å². The number of anilines is 4. The van der Waals surface area contributed by atoms with Gasteiger partial charge in [0.15, 0.2) is 0 Å². The number of aromatic nitrogens is 8. The third-order valence-electron chi connectivity index (χ3n) is 13.3. The molecule has 16 heteroatoms. The van der Waals surface area contributed by atoms with E-state index in [0.29, 0.717) is 36.3 Å². The van der Waals surface area contributed by atoms with Gasteiger partial charge in [0.05, 0.1) is 0 Å². The van der Waals surface area contributed by atoms with Crippen molar-refractivity contribution in [1.29, 1.82) is 0 Å². The maximum absolute atomic E-state index is 4.69. The van der Waals surface area contributed by atoms with Crippen LogP contribution in [0.25, 0.3) is 0 Å². The van der Waals surface area contributed by atoms with E-state index in [1.807, 2.05) is 108 Å². The molecule has 4 saturated heterocycles. The van der Waals surface area contributed by atoms with Gasteiger partial charge in [0.2, 0.25) is 0 Å². The largest absolute Gasteiger partial charge is 0.354 e. The van der Waals surface area contributed by atoms with Crippen molar-refractivity contribution in [2.75, 3.05) is 99.1 Å². The molecule has 8 rings (SSSR count). The van der Waals surface area contributed by atoms with Crippen LogP contribution in [0.2, 0.25) is 0 Å². The van der Waals surface area contributed by atoms with Gasteiger partial charge in [0, 0.05) is 149 Å². The highest BCUT2D eigenvalue weighted by Crippen LogP contribution is 2.28. The molecule has 4 fully saturated rings. The van der Waals surface area contributed by atoms with Crippen LogP contribution in [0.3, 0.4) is 0 Å². The lowest BCUT2D eigenvalue weighted by molar-refractivity contribution is 0.255. The summed E-state index contributed by atoms with van der Waals surface area (Å²) < 4.78 is 0. The van der Waals surface area contributed by atoms with Crippen LogP contribution in [0.5, 0.6) is 0 Å². The predicted molar refractivity (Wildman–Crippen MR) is 338 cm³/mol. The molecule has 0 saturated carbocycles. The fourth-order valence-corrected chi connectivity index (χ4v) is 9.49. The first-order chi connectivity index (χ1) is 35.3. The van der Waals surface area contributed by atoms with Crippen molar-refractivity contribution >= 4 is 23.3 Å². The first-order valence-corrected chi connectivity index (χ1v) is 28.4. The topological polar surface area (TPSA) is 147 Å².